The van der Waals surface area contributed by atoms with Crippen LogP contribution < -0.4 is 5.32 Å². The van der Waals surface area contributed by atoms with Crippen molar-refractivity contribution in [2.24, 2.45) is 5.41 Å². The first kappa shape index (κ1) is 10.3. The Hall–Kier alpha value is -0.890. The van der Waals surface area contributed by atoms with Crippen molar-refractivity contribution in [3.63, 3.8) is 0 Å². The Morgan fingerprint density at radius 2 is 2.00 bits per heavy atom. The fraction of sp³-hybridized carbons (Fsp3) is 0.571. The van der Waals surface area contributed by atoms with Crippen LogP contribution in [0.1, 0.15) is 30.4 Å². The maximum atomic E-state index is 13.9. The van der Waals surface area contributed by atoms with Crippen LogP contribution in [0.5, 0.6) is 0 Å². The summed E-state index contributed by atoms with van der Waals surface area (Å²) in [5.74, 6) is -0.00208. The average Bonchev–Trinajstić information content (AvgIpc) is 2.11. The van der Waals surface area contributed by atoms with E-state index in [4.69, 9.17) is 0 Å². The molecule has 16 heavy (non-hydrogen) atoms. The van der Waals surface area contributed by atoms with Crippen molar-refractivity contribution in [3.05, 3.63) is 35.1 Å². The zero-order valence-corrected chi connectivity index (χ0v) is 9.94. The van der Waals surface area contributed by atoms with Gasteiger partial charge in [-0.3, -0.25) is 0 Å². The number of hydrogen-bond donors (Lipinski definition) is 1. The van der Waals surface area contributed by atoms with Gasteiger partial charge < -0.3 is 5.32 Å². The highest BCUT2D eigenvalue weighted by atomic mass is 19.1. The minimum Gasteiger partial charge on any atom is -0.319 e. The molecule has 1 nitrogen and oxygen atoms in total. The summed E-state index contributed by atoms with van der Waals surface area (Å²) in [5, 5.41) is 3.25. The van der Waals surface area contributed by atoms with Crippen LogP contribution in [0.15, 0.2) is 18.2 Å². The van der Waals surface area contributed by atoms with Gasteiger partial charge in [0.05, 0.1) is 0 Å². The molecule has 86 valence electrons. The van der Waals surface area contributed by atoms with E-state index in [-0.39, 0.29) is 11.2 Å². The molecule has 0 saturated heterocycles. The molecule has 0 unspecified atom stereocenters. The lowest BCUT2D eigenvalue weighted by Gasteiger charge is -2.71. The van der Waals surface area contributed by atoms with Gasteiger partial charge in [0, 0.05) is 12.0 Å². The maximum Gasteiger partial charge on any atom is 0.127 e. The second-order valence-electron chi connectivity index (χ2n) is 5.77. The summed E-state index contributed by atoms with van der Waals surface area (Å²) in [7, 11) is 2.00. The molecule has 3 aliphatic rings. The van der Waals surface area contributed by atoms with Gasteiger partial charge in [0.15, 0.2) is 0 Å². The van der Waals surface area contributed by atoms with Crippen molar-refractivity contribution in [3.8, 4) is 0 Å². The molecule has 0 aromatic heterocycles. The molecule has 0 atom stereocenters. The lowest BCUT2D eigenvalue weighted by Crippen LogP contribution is -2.68. The molecule has 0 radical (unpaired) electrons. The molecular weight excluding hydrogens is 201 g/mol. The average molecular weight is 219 g/mol. The Bertz CT molecular complexity index is 398. The van der Waals surface area contributed by atoms with Gasteiger partial charge in [-0.1, -0.05) is 12.1 Å². The summed E-state index contributed by atoms with van der Waals surface area (Å²) < 4.78 is 13.9. The van der Waals surface area contributed by atoms with Gasteiger partial charge in [-0.2, -0.15) is 0 Å². The molecule has 1 aromatic rings. The lowest BCUT2D eigenvalue weighted by atomic mass is 9.33. The molecule has 0 heterocycles. The van der Waals surface area contributed by atoms with Gasteiger partial charge in [-0.15, -0.1) is 0 Å². The predicted molar refractivity (Wildman–Crippen MR) is 63.0 cm³/mol. The smallest absolute Gasteiger partial charge is 0.127 e. The first-order valence-corrected chi connectivity index (χ1v) is 6.01. The first-order chi connectivity index (χ1) is 7.61. The number of benzene rings is 1. The van der Waals surface area contributed by atoms with Gasteiger partial charge in [-0.25, -0.2) is 4.39 Å². The molecule has 0 aliphatic heterocycles. The third kappa shape index (κ3) is 1.14. The normalized spacial score (nSPS) is 35.4. The molecule has 1 aromatic carbocycles. The topological polar surface area (TPSA) is 12.0 Å². The van der Waals surface area contributed by atoms with Crippen molar-refractivity contribution in [1.82, 2.24) is 5.32 Å². The summed E-state index contributed by atoms with van der Waals surface area (Å²) in [6.45, 7) is 3.12. The van der Waals surface area contributed by atoms with Crippen LogP contribution in [0.25, 0.3) is 0 Å². The molecule has 4 rings (SSSR count). The third-order valence-corrected chi connectivity index (χ3v) is 4.44. The second-order valence-corrected chi connectivity index (χ2v) is 5.77. The molecule has 2 bridgehead atoms. The minimum atomic E-state index is -0.00208. The second kappa shape index (κ2) is 3.07. The van der Waals surface area contributed by atoms with Crippen LogP contribution in [0.3, 0.4) is 0 Å². The Balaban J connectivity index is 1.87. The van der Waals surface area contributed by atoms with Crippen molar-refractivity contribution in [2.45, 2.75) is 31.6 Å². The summed E-state index contributed by atoms with van der Waals surface area (Å²) >= 11 is 0. The van der Waals surface area contributed by atoms with Gasteiger partial charge in [0.25, 0.3) is 0 Å². The van der Waals surface area contributed by atoms with Gasteiger partial charge in [0.1, 0.15) is 5.82 Å². The van der Waals surface area contributed by atoms with Crippen molar-refractivity contribution in [1.29, 1.82) is 0 Å². The summed E-state index contributed by atoms with van der Waals surface area (Å²) in [6.07, 6.45) is 3.51. The molecule has 1 N–H and O–H groups in total. The lowest BCUT2D eigenvalue weighted by molar-refractivity contribution is -0.138. The van der Waals surface area contributed by atoms with E-state index in [2.05, 4.69) is 5.32 Å². The minimum absolute atomic E-state index is 0.00208. The predicted octanol–water partition coefficient (Wildman–Crippen LogP) is 2.78. The van der Waals surface area contributed by atoms with E-state index in [9.17, 15) is 4.39 Å². The zero-order valence-electron chi connectivity index (χ0n) is 9.94. The fourth-order valence-electron chi connectivity index (χ4n) is 4.13. The van der Waals surface area contributed by atoms with Crippen LogP contribution in [-0.4, -0.2) is 13.6 Å². The van der Waals surface area contributed by atoms with Crippen LogP contribution in [0, 0.1) is 18.2 Å². The maximum absolute atomic E-state index is 13.9. The highest BCUT2D eigenvalue weighted by Gasteiger charge is 2.68. The summed E-state index contributed by atoms with van der Waals surface area (Å²) in [6, 6.07) is 5.44. The Morgan fingerprint density at radius 3 is 2.56 bits per heavy atom. The quantitative estimate of drug-likeness (QED) is 0.824. The van der Waals surface area contributed by atoms with E-state index in [0.29, 0.717) is 5.41 Å². The molecular formula is C14H18FN. The third-order valence-electron chi connectivity index (χ3n) is 4.44. The Labute approximate surface area is 96.1 Å². The number of aryl methyl sites for hydroxylation is 1. The fourth-order valence-corrected chi connectivity index (χ4v) is 4.13. The van der Waals surface area contributed by atoms with Crippen LogP contribution in [-0.2, 0) is 5.41 Å². The van der Waals surface area contributed by atoms with Gasteiger partial charge >= 0.3 is 0 Å². The molecule has 0 spiro atoms. The number of hydrogen-bond acceptors (Lipinski definition) is 1. The number of nitrogens with one attached hydrogen (secondary N) is 1. The monoisotopic (exact) mass is 219 g/mol. The van der Waals surface area contributed by atoms with Crippen LogP contribution >= 0.6 is 0 Å². The SMILES string of the molecule is CNCC12CC(c3c(C)cccc3F)(C1)C2. The largest absolute Gasteiger partial charge is 0.319 e. The number of rotatable bonds is 3. The highest BCUT2D eigenvalue weighted by Crippen LogP contribution is 2.73. The Morgan fingerprint density at radius 1 is 1.31 bits per heavy atom. The van der Waals surface area contributed by atoms with E-state index in [1.807, 2.05) is 26.1 Å². The number of halogens is 1. The van der Waals surface area contributed by atoms with Crippen molar-refractivity contribution in [2.75, 3.05) is 13.6 Å². The highest BCUT2D eigenvalue weighted by molar-refractivity contribution is 5.44. The first-order valence-electron chi connectivity index (χ1n) is 6.01. The van der Waals surface area contributed by atoms with E-state index in [1.165, 1.54) is 19.3 Å². The summed E-state index contributed by atoms with van der Waals surface area (Å²) in [4.78, 5) is 0. The molecule has 2 heteroatoms. The van der Waals surface area contributed by atoms with Gasteiger partial charge in [0.2, 0.25) is 0 Å². The molecule has 3 aliphatic carbocycles. The molecule has 3 saturated carbocycles. The summed E-state index contributed by atoms with van der Waals surface area (Å²) in [5.41, 5.74) is 2.79. The zero-order chi connectivity index (χ0) is 11.4. The van der Waals surface area contributed by atoms with E-state index in [1.54, 1.807) is 6.07 Å². The van der Waals surface area contributed by atoms with E-state index < -0.39 is 0 Å². The van der Waals surface area contributed by atoms with Crippen LogP contribution in [0.2, 0.25) is 0 Å². The molecule has 0 amide bonds. The van der Waals surface area contributed by atoms with Crippen LogP contribution in [0.4, 0.5) is 4.39 Å². The Kier molecular flexibility index (Phi) is 1.97. The van der Waals surface area contributed by atoms with Gasteiger partial charge in [-0.05, 0) is 55.8 Å². The van der Waals surface area contributed by atoms with E-state index >= 15 is 0 Å². The van der Waals surface area contributed by atoms with Crippen molar-refractivity contribution < 1.29 is 4.39 Å². The van der Waals surface area contributed by atoms with E-state index in [0.717, 1.165) is 17.7 Å². The standard InChI is InChI=1S/C14H18FN/c1-10-4-3-5-11(15)12(10)14-6-13(7-14,8-14)9-16-2/h3-5,16H,6-9H2,1-2H3. The molecule has 3 fully saturated rings. The van der Waals surface area contributed by atoms with Crippen molar-refractivity contribution >= 4 is 0 Å².